The van der Waals surface area contributed by atoms with E-state index in [0.717, 1.165) is 51.4 Å². The minimum atomic E-state index is -4.40. The molecule has 0 aromatic carbocycles. The van der Waals surface area contributed by atoms with Crippen molar-refractivity contribution in [2.45, 2.75) is 186 Å². The number of ether oxygens (including phenoxy) is 3. The summed E-state index contributed by atoms with van der Waals surface area (Å²) < 4.78 is 38.5. The van der Waals surface area contributed by atoms with Crippen molar-refractivity contribution in [1.82, 2.24) is 0 Å². The van der Waals surface area contributed by atoms with Crippen molar-refractivity contribution in [3.8, 4) is 0 Å². The number of phosphoric acid groups is 1. The number of rotatable bonds is 38. The van der Waals surface area contributed by atoms with Crippen LogP contribution in [0.4, 0.5) is 0 Å². The molecule has 312 valence electrons. The van der Waals surface area contributed by atoms with E-state index in [1.165, 1.54) is 77.0 Å². The number of nitrogens with two attached hydrogens (primary N) is 1. The summed E-state index contributed by atoms with van der Waals surface area (Å²) >= 11 is 0. The van der Waals surface area contributed by atoms with Gasteiger partial charge in [0.2, 0.25) is 0 Å². The number of epoxide rings is 1. The Labute approximate surface area is 328 Å². The highest BCUT2D eigenvalue weighted by Crippen LogP contribution is 2.43. The average molecular weight is 782 g/mol. The molecule has 1 aliphatic heterocycles. The molecule has 3 N–H and O–H groups in total. The van der Waals surface area contributed by atoms with Gasteiger partial charge in [0.25, 0.3) is 0 Å². The van der Waals surface area contributed by atoms with Gasteiger partial charge in [-0.3, -0.25) is 18.6 Å². The first-order chi connectivity index (χ1) is 26.3. The molecule has 0 saturated carbocycles. The lowest BCUT2D eigenvalue weighted by Gasteiger charge is -2.19. The third kappa shape index (κ3) is 32.2. The van der Waals surface area contributed by atoms with Gasteiger partial charge in [-0.1, -0.05) is 152 Å². The summed E-state index contributed by atoms with van der Waals surface area (Å²) in [4.78, 5) is 34.9. The molecule has 10 nitrogen and oxygen atoms in total. The summed E-state index contributed by atoms with van der Waals surface area (Å²) in [5.74, 6) is -0.903. The number of hydrogen-bond donors (Lipinski definition) is 2. The highest BCUT2D eigenvalue weighted by molar-refractivity contribution is 7.47. The van der Waals surface area contributed by atoms with Gasteiger partial charge in [0.1, 0.15) is 6.61 Å². The number of allylic oxidation sites excluding steroid dienone is 6. The molecular weight excluding hydrogens is 705 g/mol. The maximum absolute atomic E-state index is 12.6. The highest BCUT2D eigenvalue weighted by Gasteiger charge is 2.36. The van der Waals surface area contributed by atoms with Crippen LogP contribution in [0.25, 0.3) is 0 Å². The van der Waals surface area contributed by atoms with Gasteiger partial charge in [-0.25, -0.2) is 4.57 Å². The predicted molar refractivity (Wildman–Crippen MR) is 219 cm³/mol. The molecular formula is C43H76NO9P. The van der Waals surface area contributed by atoms with Crippen molar-refractivity contribution in [2.24, 2.45) is 5.73 Å². The van der Waals surface area contributed by atoms with Gasteiger partial charge in [-0.2, -0.15) is 0 Å². The lowest BCUT2D eigenvalue weighted by Crippen LogP contribution is -2.29. The fourth-order valence-corrected chi connectivity index (χ4v) is 6.65. The van der Waals surface area contributed by atoms with Gasteiger partial charge < -0.3 is 24.8 Å². The molecule has 0 aromatic rings. The Kier molecular flexibility index (Phi) is 32.7. The molecule has 1 saturated heterocycles. The largest absolute Gasteiger partial charge is 0.472 e. The SMILES string of the molecule is CCC=CCC=CCC=CCC1OC1CC=CCCCC(=O)OC(COC(=O)CCCCCCCCCCCCCCCCC)COP(=O)(O)OCCN. The Balaban J connectivity index is 2.24. The van der Waals surface area contributed by atoms with Gasteiger partial charge in [0.15, 0.2) is 6.10 Å². The van der Waals surface area contributed by atoms with Crippen molar-refractivity contribution >= 4 is 19.8 Å². The summed E-state index contributed by atoms with van der Waals surface area (Å²) in [7, 11) is -4.40. The lowest BCUT2D eigenvalue weighted by atomic mass is 10.0. The average Bonchev–Trinajstić information content (AvgIpc) is 3.91. The third-order valence-corrected chi connectivity index (χ3v) is 10.1. The molecule has 54 heavy (non-hydrogen) atoms. The topological polar surface area (TPSA) is 147 Å². The zero-order chi connectivity index (χ0) is 39.4. The van der Waals surface area contributed by atoms with Crippen LogP contribution in [0.1, 0.15) is 168 Å². The van der Waals surface area contributed by atoms with Crippen LogP contribution < -0.4 is 5.73 Å². The fraction of sp³-hybridized carbons (Fsp3) is 0.767. The minimum Gasteiger partial charge on any atom is -0.462 e. The lowest BCUT2D eigenvalue weighted by molar-refractivity contribution is -0.161. The van der Waals surface area contributed by atoms with Gasteiger partial charge in [-0.05, 0) is 51.4 Å². The Morgan fingerprint density at radius 1 is 0.667 bits per heavy atom. The Morgan fingerprint density at radius 3 is 1.76 bits per heavy atom. The van der Waals surface area contributed by atoms with Crippen LogP contribution in [-0.4, -0.2) is 61.5 Å². The van der Waals surface area contributed by atoms with Crippen LogP contribution in [0.5, 0.6) is 0 Å². The van der Waals surface area contributed by atoms with E-state index in [1.807, 2.05) is 6.08 Å². The Bertz CT molecular complexity index is 1090. The Morgan fingerprint density at radius 2 is 1.19 bits per heavy atom. The molecule has 0 radical (unpaired) electrons. The van der Waals surface area contributed by atoms with Crippen LogP contribution in [0.3, 0.4) is 0 Å². The summed E-state index contributed by atoms with van der Waals surface area (Å²) in [5.41, 5.74) is 5.34. The van der Waals surface area contributed by atoms with Gasteiger partial charge in [0, 0.05) is 19.4 Å². The van der Waals surface area contributed by atoms with Gasteiger partial charge in [-0.15, -0.1) is 0 Å². The van der Waals surface area contributed by atoms with E-state index in [4.69, 9.17) is 29.0 Å². The quantitative estimate of drug-likeness (QED) is 0.0204. The fourth-order valence-electron chi connectivity index (χ4n) is 5.89. The van der Waals surface area contributed by atoms with Gasteiger partial charge in [0.05, 0.1) is 25.4 Å². The van der Waals surface area contributed by atoms with Crippen LogP contribution in [0.2, 0.25) is 0 Å². The van der Waals surface area contributed by atoms with Crippen molar-refractivity contribution < 1.29 is 42.3 Å². The van der Waals surface area contributed by atoms with E-state index in [2.05, 4.69) is 56.4 Å². The molecule has 0 aromatic heterocycles. The van der Waals surface area contributed by atoms with E-state index in [1.54, 1.807) is 0 Å². The molecule has 4 unspecified atom stereocenters. The maximum Gasteiger partial charge on any atom is 0.472 e. The van der Waals surface area contributed by atoms with E-state index >= 15 is 0 Å². The number of phosphoric ester groups is 1. The first-order valence-corrected chi connectivity index (χ1v) is 22.7. The normalized spacial score (nSPS) is 17.6. The minimum absolute atomic E-state index is 0.0408. The van der Waals surface area contributed by atoms with Gasteiger partial charge >= 0.3 is 19.8 Å². The van der Waals surface area contributed by atoms with Crippen molar-refractivity contribution in [3.63, 3.8) is 0 Å². The maximum atomic E-state index is 12.6. The standard InChI is InChI=1S/C43H76NO9P/c1-3-5-7-9-11-13-14-15-16-17-18-20-22-24-29-33-42(45)49-37-39(38-51-54(47,48)50-36-35-44)52-43(46)34-30-26-25-28-32-41-40(53-41)31-27-23-21-19-12-10-8-6-4-2/h6,8,12,19,23,25,27-28,39-41H,3-5,7,9-11,13-18,20-22,24,26,29-38,44H2,1-2H3,(H,47,48). The second-order valence-corrected chi connectivity index (χ2v) is 15.7. The zero-order valence-corrected chi connectivity index (χ0v) is 34.8. The van der Waals surface area contributed by atoms with E-state index in [0.29, 0.717) is 12.8 Å². The van der Waals surface area contributed by atoms with E-state index < -0.39 is 32.5 Å². The highest BCUT2D eigenvalue weighted by atomic mass is 31.2. The molecule has 11 heteroatoms. The molecule has 1 aliphatic rings. The van der Waals surface area contributed by atoms with E-state index in [-0.39, 0.29) is 44.8 Å². The summed E-state index contributed by atoms with van der Waals surface area (Å²) in [6.07, 6.45) is 41.7. The van der Waals surface area contributed by atoms with Crippen molar-refractivity contribution in [1.29, 1.82) is 0 Å². The van der Waals surface area contributed by atoms with Crippen LogP contribution in [0, 0.1) is 0 Å². The number of hydrogen-bond acceptors (Lipinski definition) is 9. The van der Waals surface area contributed by atoms with Crippen LogP contribution in [0.15, 0.2) is 48.6 Å². The molecule has 1 heterocycles. The van der Waals surface area contributed by atoms with Crippen molar-refractivity contribution in [2.75, 3.05) is 26.4 Å². The molecule has 0 spiro atoms. The molecule has 1 rings (SSSR count). The van der Waals surface area contributed by atoms with Crippen LogP contribution in [-0.2, 0) is 37.4 Å². The smallest absolute Gasteiger partial charge is 0.462 e. The van der Waals surface area contributed by atoms with E-state index in [9.17, 15) is 19.0 Å². The number of carbonyl (C=O) groups excluding carboxylic acids is 2. The first-order valence-electron chi connectivity index (χ1n) is 21.2. The summed E-state index contributed by atoms with van der Waals surface area (Å²) in [6, 6.07) is 0. The zero-order valence-electron chi connectivity index (χ0n) is 33.9. The number of esters is 2. The summed E-state index contributed by atoms with van der Waals surface area (Å²) in [6.45, 7) is 3.53. The molecule has 4 atom stereocenters. The molecule has 1 fully saturated rings. The molecule has 0 bridgehead atoms. The summed E-state index contributed by atoms with van der Waals surface area (Å²) in [5, 5.41) is 0. The second-order valence-electron chi connectivity index (χ2n) is 14.2. The first kappa shape index (κ1) is 49.9. The monoisotopic (exact) mass is 782 g/mol. The van der Waals surface area contributed by atoms with Crippen molar-refractivity contribution in [3.05, 3.63) is 48.6 Å². The number of unbranched alkanes of at least 4 members (excludes halogenated alkanes) is 15. The Hall–Kier alpha value is -2.07. The second kappa shape index (κ2) is 35.4. The number of carbonyl (C=O) groups is 2. The molecule has 0 amide bonds. The molecule has 0 aliphatic carbocycles. The van der Waals surface area contributed by atoms with Crippen LogP contribution >= 0.6 is 7.82 Å². The third-order valence-electron chi connectivity index (χ3n) is 9.13. The predicted octanol–water partition coefficient (Wildman–Crippen LogP) is 10.9.